The van der Waals surface area contributed by atoms with Gasteiger partial charge in [-0.05, 0) is 30.2 Å². The van der Waals surface area contributed by atoms with E-state index in [1.54, 1.807) is 11.9 Å². The first-order chi connectivity index (χ1) is 10.6. The van der Waals surface area contributed by atoms with E-state index >= 15 is 0 Å². The Morgan fingerprint density at radius 3 is 2.41 bits per heavy atom. The van der Waals surface area contributed by atoms with Gasteiger partial charge in [0.05, 0.1) is 18.5 Å². The number of carbonyl (C=O) groups is 1. The van der Waals surface area contributed by atoms with Crippen LogP contribution < -0.4 is 5.32 Å². The molecule has 2 aromatic carbocycles. The maximum absolute atomic E-state index is 12.3. The zero-order valence-corrected chi connectivity index (χ0v) is 12.8. The van der Waals surface area contributed by atoms with Crippen molar-refractivity contribution in [2.45, 2.75) is 19.4 Å². The van der Waals surface area contributed by atoms with Crippen LogP contribution in [-0.2, 0) is 6.42 Å². The van der Waals surface area contributed by atoms with E-state index in [2.05, 4.69) is 11.4 Å². The molecular weight excluding hydrogens is 274 g/mol. The molecule has 1 N–H and O–H groups in total. The third-order valence-electron chi connectivity index (χ3n) is 3.67. The Kier molecular flexibility index (Phi) is 5.16. The van der Waals surface area contributed by atoms with Crippen LogP contribution in [0.4, 0.5) is 10.5 Å². The van der Waals surface area contributed by atoms with Crippen molar-refractivity contribution in [2.75, 3.05) is 12.4 Å². The van der Waals surface area contributed by atoms with Crippen molar-refractivity contribution in [3.8, 4) is 6.07 Å². The van der Waals surface area contributed by atoms with E-state index in [1.807, 2.05) is 61.5 Å². The van der Waals surface area contributed by atoms with E-state index in [1.165, 1.54) is 0 Å². The number of amides is 2. The summed E-state index contributed by atoms with van der Waals surface area (Å²) in [7, 11) is 1.77. The lowest BCUT2D eigenvalue weighted by Gasteiger charge is -2.25. The fourth-order valence-corrected chi connectivity index (χ4v) is 2.14. The van der Waals surface area contributed by atoms with Gasteiger partial charge in [-0.2, -0.15) is 5.26 Å². The largest absolute Gasteiger partial charge is 0.322 e. The number of benzene rings is 2. The summed E-state index contributed by atoms with van der Waals surface area (Å²) in [6.45, 7) is 1.99. The third kappa shape index (κ3) is 3.86. The zero-order chi connectivity index (χ0) is 15.9. The summed E-state index contributed by atoms with van der Waals surface area (Å²) >= 11 is 0. The van der Waals surface area contributed by atoms with Gasteiger partial charge in [0.2, 0.25) is 0 Å². The van der Waals surface area contributed by atoms with E-state index in [-0.39, 0.29) is 12.1 Å². The Hall–Kier alpha value is -2.80. The molecular formula is C18H19N3O. The minimum Gasteiger partial charge on any atom is -0.321 e. The molecule has 1 atom stereocenters. The Morgan fingerprint density at radius 1 is 1.18 bits per heavy atom. The zero-order valence-electron chi connectivity index (χ0n) is 12.8. The maximum Gasteiger partial charge on any atom is 0.322 e. The summed E-state index contributed by atoms with van der Waals surface area (Å²) in [5, 5.41) is 11.5. The predicted molar refractivity (Wildman–Crippen MR) is 87.4 cm³/mol. The lowest BCUT2D eigenvalue weighted by molar-refractivity contribution is 0.208. The molecule has 2 aromatic rings. The Bertz CT molecular complexity index is 659. The number of nitrogens with zero attached hydrogens (tertiary/aromatic N) is 2. The predicted octanol–water partition coefficient (Wildman–Crippen LogP) is 3.98. The second kappa shape index (κ2) is 7.28. The molecule has 112 valence electrons. The maximum atomic E-state index is 12.3. The first-order valence-corrected chi connectivity index (χ1v) is 7.16. The highest BCUT2D eigenvalue weighted by molar-refractivity contribution is 5.89. The standard InChI is InChI=1S/C18H19N3O/c1-14(16-6-4-3-5-7-16)21(2)18(22)20-17-10-8-15(9-11-17)12-13-19/h3-11,14H,12H2,1-2H3,(H,20,22). The Balaban J connectivity index is 2.00. The first kappa shape index (κ1) is 15.6. The van der Waals surface area contributed by atoms with E-state index in [9.17, 15) is 4.79 Å². The number of nitriles is 1. The van der Waals surface area contributed by atoms with Crippen molar-refractivity contribution >= 4 is 11.7 Å². The molecule has 0 aliphatic carbocycles. The summed E-state index contributed by atoms with van der Waals surface area (Å²) in [5.74, 6) is 0. The number of carbonyl (C=O) groups excluding carboxylic acids is 1. The molecule has 22 heavy (non-hydrogen) atoms. The summed E-state index contributed by atoms with van der Waals surface area (Å²) in [4.78, 5) is 14.0. The summed E-state index contributed by atoms with van der Waals surface area (Å²) in [5.41, 5.74) is 2.75. The van der Waals surface area contributed by atoms with E-state index in [4.69, 9.17) is 5.26 Å². The smallest absolute Gasteiger partial charge is 0.321 e. The molecule has 0 heterocycles. The SMILES string of the molecule is CC(c1ccccc1)N(C)C(=O)Nc1ccc(CC#N)cc1. The van der Waals surface area contributed by atoms with Gasteiger partial charge in [0.15, 0.2) is 0 Å². The third-order valence-corrected chi connectivity index (χ3v) is 3.67. The van der Waals surface area contributed by atoms with Gasteiger partial charge in [-0.3, -0.25) is 0 Å². The molecule has 0 saturated heterocycles. The molecule has 0 aromatic heterocycles. The molecule has 0 bridgehead atoms. The van der Waals surface area contributed by atoms with Crippen LogP contribution in [0.3, 0.4) is 0 Å². The second-order valence-corrected chi connectivity index (χ2v) is 5.16. The van der Waals surface area contributed by atoms with Crippen LogP contribution in [0.15, 0.2) is 54.6 Å². The fourth-order valence-electron chi connectivity index (χ4n) is 2.14. The Morgan fingerprint density at radius 2 is 1.82 bits per heavy atom. The van der Waals surface area contributed by atoms with Gasteiger partial charge in [0.1, 0.15) is 0 Å². The number of hydrogen-bond acceptors (Lipinski definition) is 2. The van der Waals surface area contributed by atoms with E-state index < -0.39 is 0 Å². The lowest BCUT2D eigenvalue weighted by Crippen LogP contribution is -2.33. The second-order valence-electron chi connectivity index (χ2n) is 5.16. The van der Waals surface area contributed by atoms with Crippen LogP contribution in [0.2, 0.25) is 0 Å². The van der Waals surface area contributed by atoms with E-state index in [0.29, 0.717) is 6.42 Å². The normalized spacial score (nSPS) is 11.3. The topological polar surface area (TPSA) is 56.1 Å². The molecule has 2 rings (SSSR count). The van der Waals surface area contributed by atoms with Crippen LogP contribution in [-0.4, -0.2) is 18.0 Å². The minimum absolute atomic E-state index is 0.0148. The molecule has 4 nitrogen and oxygen atoms in total. The molecule has 2 amide bonds. The number of hydrogen-bond donors (Lipinski definition) is 1. The van der Waals surface area contributed by atoms with Gasteiger partial charge in [-0.25, -0.2) is 4.79 Å². The van der Waals surface area contributed by atoms with Crippen molar-refractivity contribution < 1.29 is 4.79 Å². The average Bonchev–Trinajstić information content (AvgIpc) is 2.56. The van der Waals surface area contributed by atoms with Crippen molar-refractivity contribution in [2.24, 2.45) is 0 Å². The highest BCUT2D eigenvalue weighted by atomic mass is 16.2. The quantitative estimate of drug-likeness (QED) is 0.927. The highest BCUT2D eigenvalue weighted by Crippen LogP contribution is 2.19. The van der Waals surface area contributed by atoms with Crippen LogP contribution >= 0.6 is 0 Å². The monoisotopic (exact) mass is 293 g/mol. The number of rotatable bonds is 4. The average molecular weight is 293 g/mol. The molecule has 0 saturated carbocycles. The van der Waals surface area contributed by atoms with Crippen molar-refractivity contribution in [3.63, 3.8) is 0 Å². The molecule has 0 aliphatic rings. The summed E-state index contributed by atoms with van der Waals surface area (Å²) < 4.78 is 0. The van der Waals surface area contributed by atoms with Gasteiger partial charge < -0.3 is 10.2 Å². The van der Waals surface area contributed by atoms with Crippen molar-refractivity contribution in [1.29, 1.82) is 5.26 Å². The lowest BCUT2D eigenvalue weighted by atomic mass is 10.1. The molecule has 0 spiro atoms. The van der Waals surface area contributed by atoms with Crippen LogP contribution in [0, 0.1) is 11.3 Å². The van der Waals surface area contributed by atoms with Crippen molar-refractivity contribution in [3.05, 3.63) is 65.7 Å². The van der Waals surface area contributed by atoms with Crippen molar-refractivity contribution in [1.82, 2.24) is 4.90 Å². The van der Waals surface area contributed by atoms with Gasteiger partial charge >= 0.3 is 6.03 Å². The molecule has 0 radical (unpaired) electrons. The molecule has 0 fully saturated rings. The summed E-state index contributed by atoms with van der Waals surface area (Å²) in [6, 6.07) is 19.1. The molecule has 4 heteroatoms. The molecule has 1 unspecified atom stereocenters. The van der Waals surface area contributed by atoms with Gasteiger partial charge in [-0.15, -0.1) is 0 Å². The number of urea groups is 1. The highest BCUT2D eigenvalue weighted by Gasteiger charge is 2.17. The van der Waals surface area contributed by atoms with Crippen LogP contribution in [0.5, 0.6) is 0 Å². The Labute approximate surface area is 131 Å². The van der Waals surface area contributed by atoms with Gasteiger partial charge in [0.25, 0.3) is 0 Å². The molecule has 0 aliphatic heterocycles. The first-order valence-electron chi connectivity index (χ1n) is 7.16. The van der Waals surface area contributed by atoms with Crippen LogP contribution in [0.25, 0.3) is 0 Å². The number of anilines is 1. The van der Waals surface area contributed by atoms with Gasteiger partial charge in [0, 0.05) is 12.7 Å². The van der Waals surface area contributed by atoms with E-state index in [0.717, 1.165) is 16.8 Å². The van der Waals surface area contributed by atoms with Crippen LogP contribution in [0.1, 0.15) is 24.1 Å². The fraction of sp³-hybridized carbons (Fsp3) is 0.222. The summed E-state index contributed by atoms with van der Waals surface area (Å²) in [6.07, 6.45) is 0.374. The van der Waals surface area contributed by atoms with Gasteiger partial charge in [-0.1, -0.05) is 42.5 Å². The minimum atomic E-state index is -0.163. The number of nitrogens with one attached hydrogen (secondary N) is 1.